The summed E-state index contributed by atoms with van der Waals surface area (Å²) in [5.74, 6) is 0.0872. The molecule has 0 aliphatic heterocycles. The molecule has 1 N–H and O–H groups in total. The van der Waals surface area contributed by atoms with Crippen molar-refractivity contribution in [2.24, 2.45) is 0 Å². The Bertz CT molecular complexity index is 359. The van der Waals surface area contributed by atoms with Crippen LogP contribution in [0.5, 0.6) is 0 Å². The van der Waals surface area contributed by atoms with Gasteiger partial charge < -0.3 is 10.2 Å². The molecule has 0 spiro atoms. The summed E-state index contributed by atoms with van der Waals surface area (Å²) in [5.41, 5.74) is 2.04. The smallest absolute Gasteiger partial charge is 0.224 e. The van der Waals surface area contributed by atoms with Crippen LogP contribution in [0, 0.1) is 0 Å². The minimum atomic E-state index is 0.0872. The molecule has 17 heavy (non-hydrogen) atoms. The molecule has 0 aromatic heterocycles. The summed E-state index contributed by atoms with van der Waals surface area (Å²) in [4.78, 5) is 13.8. The lowest BCUT2D eigenvalue weighted by molar-refractivity contribution is -0.116. The maximum atomic E-state index is 11.5. The molecule has 1 rings (SSSR count). The van der Waals surface area contributed by atoms with Gasteiger partial charge in [0.1, 0.15) is 0 Å². The zero-order valence-electron chi connectivity index (χ0n) is 11.0. The number of hydrogen-bond acceptors (Lipinski definition) is 2. The predicted molar refractivity (Wildman–Crippen MR) is 73.5 cm³/mol. The van der Waals surface area contributed by atoms with E-state index in [0.29, 0.717) is 6.42 Å². The fraction of sp³-hybridized carbons (Fsp3) is 0.500. The topological polar surface area (TPSA) is 32.3 Å². The van der Waals surface area contributed by atoms with Crippen LogP contribution in [-0.2, 0) is 4.79 Å². The van der Waals surface area contributed by atoms with Crippen LogP contribution < -0.4 is 10.2 Å². The van der Waals surface area contributed by atoms with Gasteiger partial charge in [-0.1, -0.05) is 13.0 Å². The summed E-state index contributed by atoms with van der Waals surface area (Å²) in [6.07, 6.45) is 1.46. The van der Waals surface area contributed by atoms with Gasteiger partial charge in [-0.15, -0.1) is 0 Å². The van der Waals surface area contributed by atoms with E-state index in [0.717, 1.165) is 30.9 Å². The lowest BCUT2D eigenvalue weighted by Gasteiger charge is -2.21. The van der Waals surface area contributed by atoms with Crippen molar-refractivity contribution >= 4 is 17.3 Å². The Morgan fingerprint density at radius 1 is 1.24 bits per heavy atom. The van der Waals surface area contributed by atoms with Crippen LogP contribution in [0.15, 0.2) is 24.3 Å². The van der Waals surface area contributed by atoms with Gasteiger partial charge in [0.15, 0.2) is 0 Å². The highest BCUT2D eigenvalue weighted by Gasteiger charge is 2.04. The first kappa shape index (κ1) is 13.6. The van der Waals surface area contributed by atoms with E-state index in [-0.39, 0.29) is 5.91 Å². The van der Waals surface area contributed by atoms with Crippen LogP contribution in [-0.4, -0.2) is 19.0 Å². The van der Waals surface area contributed by atoms with E-state index < -0.39 is 0 Å². The molecule has 0 unspecified atom stereocenters. The molecule has 0 radical (unpaired) electrons. The molecule has 0 aliphatic rings. The monoisotopic (exact) mass is 234 g/mol. The molecule has 0 bridgehead atoms. The van der Waals surface area contributed by atoms with Crippen LogP contribution in [0.2, 0.25) is 0 Å². The van der Waals surface area contributed by atoms with Crippen molar-refractivity contribution in [3.63, 3.8) is 0 Å². The van der Waals surface area contributed by atoms with Crippen LogP contribution in [0.1, 0.15) is 33.6 Å². The average molecular weight is 234 g/mol. The summed E-state index contributed by atoms with van der Waals surface area (Å²) in [5, 5.41) is 2.92. The number of anilines is 2. The van der Waals surface area contributed by atoms with Crippen LogP contribution in [0.3, 0.4) is 0 Å². The van der Waals surface area contributed by atoms with Gasteiger partial charge in [0, 0.05) is 30.9 Å². The van der Waals surface area contributed by atoms with E-state index in [1.54, 1.807) is 0 Å². The molecular weight excluding hydrogens is 212 g/mol. The Balaban J connectivity index is 2.75. The fourth-order valence-electron chi connectivity index (χ4n) is 1.82. The van der Waals surface area contributed by atoms with E-state index in [4.69, 9.17) is 0 Å². The van der Waals surface area contributed by atoms with Crippen molar-refractivity contribution in [3.05, 3.63) is 24.3 Å². The minimum absolute atomic E-state index is 0.0872. The van der Waals surface area contributed by atoms with Crippen molar-refractivity contribution in [1.29, 1.82) is 0 Å². The molecule has 0 heterocycles. The zero-order valence-corrected chi connectivity index (χ0v) is 11.0. The normalized spacial score (nSPS) is 10.1. The first-order valence-electron chi connectivity index (χ1n) is 6.36. The number of carbonyl (C=O) groups is 1. The van der Waals surface area contributed by atoms with Gasteiger partial charge in [-0.2, -0.15) is 0 Å². The highest BCUT2D eigenvalue weighted by Crippen LogP contribution is 2.19. The first-order valence-corrected chi connectivity index (χ1v) is 6.36. The van der Waals surface area contributed by atoms with Crippen molar-refractivity contribution in [1.82, 2.24) is 0 Å². The quantitative estimate of drug-likeness (QED) is 0.819. The molecule has 1 aromatic rings. The largest absolute Gasteiger partial charge is 0.372 e. The van der Waals surface area contributed by atoms with E-state index >= 15 is 0 Å². The third-order valence-corrected chi connectivity index (χ3v) is 2.74. The SMILES string of the molecule is CCCC(=O)Nc1cccc(N(CC)CC)c1. The van der Waals surface area contributed by atoms with Gasteiger partial charge >= 0.3 is 0 Å². The van der Waals surface area contributed by atoms with Crippen molar-refractivity contribution < 1.29 is 4.79 Å². The zero-order chi connectivity index (χ0) is 12.7. The summed E-state index contributed by atoms with van der Waals surface area (Å²) in [7, 11) is 0. The summed E-state index contributed by atoms with van der Waals surface area (Å²) >= 11 is 0. The molecule has 0 atom stereocenters. The number of amides is 1. The molecule has 0 saturated carbocycles. The van der Waals surface area contributed by atoms with E-state index in [2.05, 4.69) is 30.1 Å². The summed E-state index contributed by atoms with van der Waals surface area (Å²) < 4.78 is 0. The molecule has 94 valence electrons. The molecule has 3 heteroatoms. The molecule has 0 fully saturated rings. The number of benzene rings is 1. The molecule has 1 aromatic carbocycles. The molecule has 3 nitrogen and oxygen atoms in total. The summed E-state index contributed by atoms with van der Waals surface area (Å²) in [6.45, 7) is 8.22. The van der Waals surface area contributed by atoms with E-state index in [1.807, 2.05) is 25.1 Å². The Morgan fingerprint density at radius 3 is 2.53 bits per heavy atom. The highest BCUT2D eigenvalue weighted by atomic mass is 16.1. The van der Waals surface area contributed by atoms with Gasteiger partial charge in [-0.25, -0.2) is 0 Å². The number of hydrogen-bond donors (Lipinski definition) is 1. The maximum Gasteiger partial charge on any atom is 0.224 e. The lowest BCUT2D eigenvalue weighted by atomic mass is 10.2. The summed E-state index contributed by atoms with van der Waals surface area (Å²) in [6, 6.07) is 8.01. The molecular formula is C14H22N2O. The highest BCUT2D eigenvalue weighted by molar-refractivity contribution is 5.91. The van der Waals surface area contributed by atoms with Crippen LogP contribution >= 0.6 is 0 Å². The average Bonchev–Trinajstić information content (AvgIpc) is 2.31. The lowest BCUT2D eigenvalue weighted by Crippen LogP contribution is -2.22. The van der Waals surface area contributed by atoms with Crippen LogP contribution in [0.25, 0.3) is 0 Å². The standard InChI is InChI=1S/C14H22N2O/c1-4-8-14(17)15-12-9-7-10-13(11-12)16(5-2)6-3/h7,9-11H,4-6,8H2,1-3H3,(H,15,17). The minimum Gasteiger partial charge on any atom is -0.372 e. The Labute approximate surface area is 104 Å². The van der Waals surface area contributed by atoms with Crippen LogP contribution in [0.4, 0.5) is 11.4 Å². The maximum absolute atomic E-state index is 11.5. The van der Waals surface area contributed by atoms with Crippen molar-refractivity contribution in [2.75, 3.05) is 23.3 Å². The fourth-order valence-corrected chi connectivity index (χ4v) is 1.82. The first-order chi connectivity index (χ1) is 8.21. The Kier molecular flexibility index (Phi) is 5.53. The van der Waals surface area contributed by atoms with Gasteiger partial charge in [0.05, 0.1) is 0 Å². The van der Waals surface area contributed by atoms with Gasteiger partial charge in [-0.05, 0) is 38.5 Å². The third-order valence-electron chi connectivity index (χ3n) is 2.74. The third kappa shape index (κ3) is 4.10. The van der Waals surface area contributed by atoms with Gasteiger partial charge in [-0.3, -0.25) is 4.79 Å². The second kappa shape index (κ2) is 6.94. The Morgan fingerprint density at radius 2 is 1.94 bits per heavy atom. The number of nitrogens with zero attached hydrogens (tertiary/aromatic N) is 1. The Hall–Kier alpha value is -1.51. The van der Waals surface area contributed by atoms with E-state index in [1.165, 1.54) is 0 Å². The van der Waals surface area contributed by atoms with E-state index in [9.17, 15) is 4.79 Å². The van der Waals surface area contributed by atoms with Gasteiger partial charge in [0.2, 0.25) is 5.91 Å². The van der Waals surface area contributed by atoms with Gasteiger partial charge in [0.25, 0.3) is 0 Å². The second-order valence-corrected chi connectivity index (χ2v) is 4.02. The predicted octanol–water partition coefficient (Wildman–Crippen LogP) is 3.27. The second-order valence-electron chi connectivity index (χ2n) is 4.02. The van der Waals surface area contributed by atoms with Crippen molar-refractivity contribution in [3.8, 4) is 0 Å². The number of rotatable bonds is 6. The number of carbonyl (C=O) groups excluding carboxylic acids is 1. The molecule has 1 amide bonds. The number of nitrogens with one attached hydrogen (secondary N) is 1. The molecule has 0 aliphatic carbocycles. The molecule has 0 saturated heterocycles. The van der Waals surface area contributed by atoms with Crippen molar-refractivity contribution in [2.45, 2.75) is 33.6 Å².